The molecule has 0 radical (unpaired) electrons. The minimum absolute atomic E-state index is 0.0785. The van der Waals surface area contributed by atoms with Crippen LogP contribution in [0.5, 0.6) is 5.75 Å². The summed E-state index contributed by atoms with van der Waals surface area (Å²) >= 11 is 0. The molecule has 1 rings (SSSR count). The first-order chi connectivity index (χ1) is 10.9. The number of aromatic hydroxyl groups is 1. The maximum Gasteiger partial charge on any atom is 0.322 e. The van der Waals surface area contributed by atoms with Crippen LogP contribution >= 0.6 is 0 Å². The third-order valence-electron chi connectivity index (χ3n) is 3.21. The molecule has 0 aromatic heterocycles. The predicted molar refractivity (Wildman–Crippen MR) is 83.9 cm³/mol. The van der Waals surface area contributed by atoms with E-state index in [0.717, 1.165) is 12.8 Å². The summed E-state index contributed by atoms with van der Waals surface area (Å²) < 4.78 is 0. The van der Waals surface area contributed by atoms with Gasteiger partial charge in [-0.1, -0.05) is 31.9 Å². The molecule has 0 aliphatic carbocycles. The first kappa shape index (κ1) is 18.5. The molecule has 0 fully saturated rings. The molecular weight excluding hydrogens is 300 g/mol. The highest BCUT2D eigenvalue weighted by Gasteiger charge is 2.20. The number of nitrogens with one attached hydrogen (secondary N) is 2. The second kappa shape index (κ2) is 9.45. The van der Waals surface area contributed by atoms with Gasteiger partial charge in [-0.15, -0.1) is 0 Å². The minimum Gasteiger partial charge on any atom is -0.508 e. The van der Waals surface area contributed by atoms with Gasteiger partial charge in [0.15, 0.2) is 0 Å². The van der Waals surface area contributed by atoms with Crippen LogP contribution in [-0.4, -0.2) is 40.6 Å². The summed E-state index contributed by atoms with van der Waals surface area (Å²) in [5.74, 6) is -1.85. The molecule has 4 N–H and O–H groups in total. The summed E-state index contributed by atoms with van der Waals surface area (Å²) in [6.07, 6.45) is 2.12. The average molecular weight is 322 g/mol. The Labute approximate surface area is 134 Å². The number of carbonyl (C=O) groups is 3. The number of hydrogen-bond acceptors (Lipinski definition) is 4. The first-order valence-corrected chi connectivity index (χ1v) is 7.49. The topological polar surface area (TPSA) is 116 Å². The SMILES string of the molecule is CCCC[C@H](NC(=O)Cc1ccc(O)cc1)C(=O)NCC(=O)O. The molecule has 0 aliphatic rings. The number of carboxylic acids is 1. The van der Waals surface area contributed by atoms with Gasteiger partial charge in [-0.05, 0) is 24.1 Å². The summed E-state index contributed by atoms with van der Waals surface area (Å²) in [6.45, 7) is 1.49. The predicted octanol–water partition coefficient (Wildman–Crippen LogP) is 0.810. The lowest BCUT2D eigenvalue weighted by Crippen LogP contribution is -2.48. The molecule has 7 heteroatoms. The highest BCUT2D eigenvalue weighted by Crippen LogP contribution is 2.10. The Kier molecular flexibility index (Phi) is 7.59. The minimum atomic E-state index is -1.14. The van der Waals surface area contributed by atoms with Gasteiger partial charge in [-0.25, -0.2) is 0 Å². The van der Waals surface area contributed by atoms with Crippen molar-refractivity contribution in [1.29, 1.82) is 0 Å². The number of rotatable bonds is 9. The largest absolute Gasteiger partial charge is 0.508 e. The second-order valence-electron chi connectivity index (χ2n) is 5.22. The van der Waals surface area contributed by atoms with Crippen LogP contribution in [0.4, 0.5) is 0 Å². The molecule has 0 spiro atoms. The molecule has 0 unspecified atom stereocenters. The molecule has 23 heavy (non-hydrogen) atoms. The fraction of sp³-hybridized carbons (Fsp3) is 0.438. The maximum absolute atomic E-state index is 12.0. The Morgan fingerprint density at radius 1 is 1.17 bits per heavy atom. The number of hydrogen-bond donors (Lipinski definition) is 4. The average Bonchev–Trinajstić information content (AvgIpc) is 2.51. The molecule has 1 atom stereocenters. The Hall–Kier alpha value is -2.57. The van der Waals surface area contributed by atoms with Crippen LogP contribution < -0.4 is 10.6 Å². The van der Waals surface area contributed by atoms with Crippen molar-refractivity contribution in [2.75, 3.05) is 6.54 Å². The Morgan fingerprint density at radius 2 is 1.83 bits per heavy atom. The molecule has 1 aromatic carbocycles. The molecule has 0 aliphatic heterocycles. The normalized spacial score (nSPS) is 11.5. The smallest absolute Gasteiger partial charge is 0.322 e. The van der Waals surface area contributed by atoms with Crippen molar-refractivity contribution < 1.29 is 24.6 Å². The number of phenols is 1. The van der Waals surface area contributed by atoms with Crippen molar-refractivity contribution in [1.82, 2.24) is 10.6 Å². The van der Waals surface area contributed by atoms with E-state index in [0.29, 0.717) is 12.0 Å². The van der Waals surface area contributed by atoms with E-state index in [1.807, 2.05) is 6.92 Å². The van der Waals surface area contributed by atoms with Crippen LogP contribution in [0, 0.1) is 0 Å². The van der Waals surface area contributed by atoms with Gasteiger partial charge in [0, 0.05) is 0 Å². The van der Waals surface area contributed by atoms with Gasteiger partial charge in [0.1, 0.15) is 18.3 Å². The van der Waals surface area contributed by atoms with E-state index >= 15 is 0 Å². The van der Waals surface area contributed by atoms with Crippen molar-refractivity contribution in [3.05, 3.63) is 29.8 Å². The van der Waals surface area contributed by atoms with Crippen LogP contribution in [0.15, 0.2) is 24.3 Å². The van der Waals surface area contributed by atoms with Crippen molar-refractivity contribution >= 4 is 17.8 Å². The number of carboxylic acid groups (broad SMARTS) is 1. The van der Waals surface area contributed by atoms with Gasteiger partial charge in [0.2, 0.25) is 11.8 Å². The lowest BCUT2D eigenvalue weighted by Gasteiger charge is -2.17. The third-order valence-corrected chi connectivity index (χ3v) is 3.21. The van der Waals surface area contributed by atoms with Crippen LogP contribution in [0.1, 0.15) is 31.7 Å². The molecule has 2 amide bonds. The summed E-state index contributed by atoms with van der Waals surface area (Å²) in [7, 11) is 0. The number of carbonyl (C=O) groups excluding carboxylic acids is 2. The number of amides is 2. The molecule has 126 valence electrons. The zero-order valence-corrected chi connectivity index (χ0v) is 13.0. The fourth-order valence-electron chi connectivity index (χ4n) is 2.01. The standard InChI is InChI=1S/C16H22N2O5/c1-2-3-4-13(16(23)17-10-15(21)22)18-14(20)9-11-5-7-12(19)8-6-11/h5-8,13,19H,2-4,9-10H2,1H3,(H,17,23)(H,18,20)(H,21,22)/t13-/m0/s1. The Bertz CT molecular complexity index is 542. The van der Waals surface area contributed by atoms with E-state index in [1.54, 1.807) is 12.1 Å². The van der Waals surface area contributed by atoms with Gasteiger partial charge in [0.05, 0.1) is 6.42 Å². The second-order valence-corrected chi connectivity index (χ2v) is 5.22. The molecule has 0 bridgehead atoms. The lowest BCUT2D eigenvalue weighted by molar-refractivity contribution is -0.138. The zero-order chi connectivity index (χ0) is 17.2. The van der Waals surface area contributed by atoms with E-state index < -0.39 is 24.5 Å². The number of benzene rings is 1. The van der Waals surface area contributed by atoms with Gasteiger partial charge < -0.3 is 20.8 Å². The number of phenolic OH excluding ortho intramolecular Hbond substituents is 1. The van der Waals surface area contributed by atoms with Gasteiger partial charge in [-0.2, -0.15) is 0 Å². The van der Waals surface area contributed by atoms with Crippen LogP contribution in [-0.2, 0) is 20.8 Å². The van der Waals surface area contributed by atoms with E-state index in [-0.39, 0.29) is 18.1 Å². The van der Waals surface area contributed by atoms with Gasteiger partial charge in [-0.3, -0.25) is 14.4 Å². The fourth-order valence-corrected chi connectivity index (χ4v) is 2.01. The highest BCUT2D eigenvalue weighted by molar-refractivity contribution is 5.89. The third kappa shape index (κ3) is 7.30. The number of aliphatic carboxylic acids is 1. The first-order valence-electron chi connectivity index (χ1n) is 7.49. The molecule has 1 aromatic rings. The maximum atomic E-state index is 12.0. The Morgan fingerprint density at radius 3 is 2.39 bits per heavy atom. The lowest BCUT2D eigenvalue weighted by atomic mass is 10.1. The van der Waals surface area contributed by atoms with Crippen LogP contribution in [0.25, 0.3) is 0 Å². The summed E-state index contributed by atoms with van der Waals surface area (Å²) in [6, 6.07) is 5.47. The van der Waals surface area contributed by atoms with E-state index in [1.165, 1.54) is 12.1 Å². The van der Waals surface area contributed by atoms with E-state index in [4.69, 9.17) is 5.11 Å². The Balaban J connectivity index is 2.60. The monoisotopic (exact) mass is 322 g/mol. The van der Waals surface area contributed by atoms with Crippen molar-refractivity contribution in [2.24, 2.45) is 0 Å². The summed E-state index contributed by atoms with van der Waals surface area (Å²) in [5, 5.41) is 22.7. The van der Waals surface area contributed by atoms with Crippen molar-refractivity contribution in [3.63, 3.8) is 0 Å². The van der Waals surface area contributed by atoms with Crippen LogP contribution in [0.3, 0.4) is 0 Å². The van der Waals surface area contributed by atoms with E-state index in [2.05, 4.69) is 10.6 Å². The quantitative estimate of drug-likeness (QED) is 0.537. The highest BCUT2D eigenvalue weighted by atomic mass is 16.4. The molecular formula is C16H22N2O5. The van der Waals surface area contributed by atoms with Crippen molar-refractivity contribution in [2.45, 2.75) is 38.6 Å². The van der Waals surface area contributed by atoms with Crippen LogP contribution in [0.2, 0.25) is 0 Å². The molecule has 0 heterocycles. The summed E-state index contributed by atoms with van der Waals surface area (Å²) in [5.41, 5.74) is 0.709. The van der Waals surface area contributed by atoms with Gasteiger partial charge >= 0.3 is 5.97 Å². The molecule has 7 nitrogen and oxygen atoms in total. The van der Waals surface area contributed by atoms with E-state index in [9.17, 15) is 19.5 Å². The zero-order valence-electron chi connectivity index (χ0n) is 13.0. The molecule has 0 saturated carbocycles. The number of unbranched alkanes of at least 4 members (excludes halogenated alkanes) is 1. The molecule has 0 saturated heterocycles. The van der Waals surface area contributed by atoms with Gasteiger partial charge in [0.25, 0.3) is 0 Å². The summed E-state index contributed by atoms with van der Waals surface area (Å²) in [4.78, 5) is 34.5. The van der Waals surface area contributed by atoms with Crippen molar-refractivity contribution in [3.8, 4) is 5.75 Å².